The monoisotopic (exact) mass is 540 g/mol. The van der Waals surface area contributed by atoms with E-state index in [0.29, 0.717) is 12.0 Å². The minimum Gasteiger partial charge on any atom is -0.481 e. The molecule has 6 heteroatoms. The molecular weight excluding hydrogens is 480 g/mol. The van der Waals surface area contributed by atoms with Crippen molar-refractivity contribution >= 4 is 17.9 Å². The highest BCUT2D eigenvalue weighted by atomic mass is 16.4. The zero-order valence-corrected chi connectivity index (χ0v) is 25.2. The maximum Gasteiger partial charge on any atom is 0.330 e. The molecule has 0 rings (SSSR count). The van der Waals surface area contributed by atoms with E-state index in [1.165, 1.54) is 110 Å². The molecule has 0 aromatic carbocycles. The van der Waals surface area contributed by atoms with Crippen molar-refractivity contribution in [2.45, 2.75) is 163 Å². The van der Waals surface area contributed by atoms with Crippen molar-refractivity contribution in [1.29, 1.82) is 0 Å². The Bertz CT molecular complexity index is 597. The molecule has 0 aliphatic carbocycles. The molecule has 38 heavy (non-hydrogen) atoms. The van der Waals surface area contributed by atoms with Crippen molar-refractivity contribution < 1.29 is 29.7 Å². The van der Waals surface area contributed by atoms with Gasteiger partial charge in [-0.3, -0.25) is 4.79 Å². The lowest BCUT2D eigenvalue weighted by atomic mass is 10.1. The summed E-state index contributed by atoms with van der Waals surface area (Å²) in [6.07, 6.45) is 27.5. The first-order chi connectivity index (χ1) is 18.1. The predicted octanol–water partition coefficient (Wildman–Crippen LogP) is 9.97. The van der Waals surface area contributed by atoms with E-state index in [0.717, 1.165) is 25.7 Å². The molecule has 0 heterocycles. The van der Waals surface area contributed by atoms with Crippen LogP contribution in [0.15, 0.2) is 23.8 Å². The smallest absolute Gasteiger partial charge is 0.330 e. The second kappa shape index (κ2) is 32.9. The third-order valence-corrected chi connectivity index (χ3v) is 6.20. The molecule has 224 valence electrons. The Kier molecular flexibility index (Phi) is 35.0. The molecule has 0 amide bonds. The lowest BCUT2D eigenvalue weighted by Crippen LogP contribution is -1.95. The fourth-order valence-electron chi connectivity index (χ4n) is 3.62. The van der Waals surface area contributed by atoms with E-state index in [4.69, 9.17) is 15.3 Å². The van der Waals surface area contributed by atoms with Crippen LogP contribution in [0.2, 0.25) is 0 Å². The van der Waals surface area contributed by atoms with Crippen molar-refractivity contribution in [2.75, 3.05) is 0 Å². The lowest BCUT2D eigenvalue weighted by molar-refractivity contribution is -0.137. The van der Waals surface area contributed by atoms with Gasteiger partial charge in [-0.25, -0.2) is 9.59 Å². The van der Waals surface area contributed by atoms with Gasteiger partial charge in [-0.1, -0.05) is 136 Å². The Hall–Kier alpha value is -2.11. The van der Waals surface area contributed by atoms with Crippen molar-refractivity contribution in [3.05, 3.63) is 23.8 Å². The summed E-state index contributed by atoms with van der Waals surface area (Å²) in [6.45, 7) is 10.7. The van der Waals surface area contributed by atoms with E-state index in [2.05, 4.69) is 20.4 Å². The number of rotatable bonds is 23. The van der Waals surface area contributed by atoms with Crippen molar-refractivity contribution in [3.63, 3.8) is 0 Å². The van der Waals surface area contributed by atoms with E-state index < -0.39 is 17.9 Å². The van der Waals surface area contributed by atoms with Crippen molar-refractivity contribution in [2.24, 2.45) is 0 Å². The Morgan fingerprint density at radius 2 is 0.868 bits per heavy atom. The van der Waals surface area contributed by atoms with Gasteiger partial charge in [-0.2, -0.15) is 0 Å². The number of hydrogen-bond acceptors (Lipinski definition) is 3. The zero-order chi connectivity index (χ0) is 29.4. The van der Waals surface area contributed by atoms with E-state index >= 15 is 0 Å². The second-order valence-corrected chi connectivity index (χ2v) is 10.2. The maximum absolute atomic E-state index is 10.5. The minimum absolute atomic E-state index is 0.176. The first kappa shape index (κ1) is 40.4. The summed E-state index contributed by atoms with van der Waals surface area (Å²) in [5.74, 6) is -2.38. The molecule has 0 atom stereocenters. The molecule has 0 aliphatic heterocycles. The molecule has 0 unspecified atom stereocenters. The summed E-state index contributed by atoms with van der Waals surface area (Å²) in [5, 5.41) is 25.0. The van der Waals surface area contributed by atoms with Crippen LogP contribution in [0.4, 0.5) is 0 Å². The SMILES string of the molecule is C=C(C)C(=O)O.CCCCCCCCCCCC(=O)O.CCCCCCCCCCCCC=C(C)C(=O)O. The first-order valence-corrected chi connectivity index (χ1v) is 15.1. The van der Waals surface area contributed by atoms with Crippen LogP contribution in [-0.2, 0) is 14.4 Å². The lowest BCUT2D eigenvalue weighted by Gasteiger charge is -2.01. The second-order valence-electron chi connectivity index (χ2n) is 10.2. The highest BCUT2D eigenvalue weighted by molar-refractivity contribution is 5.85. The number of carboxylic acid groups (broad SMARTS) is 3. The van der Waals surface area contributed by atoms with Crippen LogP contribution in [-0.4, -0.2) is 33.2 Å². The molecule has 0 aromatic rings. The Morgan fingerprint density at radius 1 is 0.553 bits per heavy atom. The highest BCUT2D eigenvalue weighted by Crippen LogP contribution is 2.12. The third kappa shape index (κ3) is 41.0. The number of unbranched alkanes of at least 4 members (excludes halogenated alkanes) is 18. The van der Waals surface area contributed by atoms with Gasteiger partial charge in [0.15, 0.2) is 0 Å². The molecule has 0 saturated heterocycles. The summed E-state index contributed by atoms with van der Waals surface area (Å²) in [6, 6.07) is 0. The molecule has 6 nitrogen and oxygen atoms in total. The van der Waals surface area contributed by atoms with Crippen LogP contribution in [0.3, 0.4) is 0 Å². The van der Waals surface area contributed by atoms with Gasteiger partial charge in [0.25, 0.3) is 0 Å². The molecule has 0 spiro atoms. The van der Waals surface area contributed by atoms with E-state index in [1.807, 2.05) is 6.08 Å². The van der Waals surface area contributed by atoms with Gasteiger partial charge in [-0.05, 0) is 33.1 Å². The molecule has 0 aliphatic rings. The van der Waals surface area contributed by atoms with E-state index in [9.17, 15) is 14.4 Å². The van der Waals surface area contributed by atoms with Crippen LogP contribution < -0.4 is 0 Å². The summed E-state index contributed by atoms with van der Waals surface area (Å²) in [5.41, 5.74) is 0.654. The normalized spacial score (nSPS) is 10.6. The Labute approximate surface area is 234 Å². The predicted molar refractivity (Wildman–Crippen MR) is 160 cm³/mol. The molecule has 0 fully saturated rings. The van der Waals surface area contributed by atoms with Crippen LogP contribution in [0.25, 0.3) is 0 Å². The average Bonchev–Trinajstić information content (AvgIpc) is 2.86. The number of carbonyl (C=O) groups is 3. The average molecular weight is 541 g/mol. The summed E-state index contributed by atoms with van der Waals surface area (Å²) < 4.78 is 0. The van der Waals surface area contributed by atoms with E-state index in [-0.39, 0.29) is 5.57 Å². The zero-order valence-electron chi connectivity index (χ0n) is 25.2. The van der Waals surface area contributed by atoms with Crippen molar-refractivity contribution in [3.8, 4) is 0 Å². The molecule has 0 bridgehead atoms. The fraction of sp³-hybridized carbons (Fsp3) is 0.781. The topological polar surface area (TPSA) is 112 Å². The summed E-state index contributed by atoms with van der Waals surface area (Å²) in [7, 11) is 0. The Morgan fingerprint density at radius 3 is 1.16 bits per heavy atom. The van der Waals surface area contributed by atoms with Crippen LogP contribution in [0, 0.1) is 0 Å². The first-order valence-electron chi connectivity index (χ1n) is 15.1. The minimum atomic E-state index is -0.935. The number of allylic oxidation sites excluding steroid dienone is 1. The molecular formula is C32H60O6. The standard InChI is InChI=1S/C16H30O2.C12H24O2.C4H6O2/c1-3-4-5-6-7-8-9-10-11-12-13-14-15(2)16(17)18;1-2-3-4-5-6-7-8-9-10-11-12(13)14;1-3(2)4(5)6/h14H,3-13H2,1-2H3,(H,17,18);2-11H2,1H3,(H,13,14);1H2,2H3,(H,5,6). The van der Waals surface area contributed by atoms with Gasteiger partial charge in [0.1, 0.15) is 0 Å². The van der Waals surface area contributed by atoms with Gasteiger partial charge < -0.3 is 15.3 Å². The molecule has 0 radical (unpaired) electrons. The quantitative estimate of drug-likeness (QED) is 0.0878. The number of hydrogen-bond donors (Lipinski definition) is 3. The van der Waals surface area contributed by atoms with Gasteiger partial charge >= 0.3 is 17.9 Å². The van der Waals surface area contributed by atoms with Crippen LogP contribution >= 0.6 is 0 Å². The van der Waals surface area contributed by atoms with Gasteiger partial charge in [0.2, 0.25) is 0 Å². The van der Waals surface area contributed by atoms with Crippen LogP contribution in [0.5, 0.6) is 0 Å². The van der Waals surface area contributed by atoms with Crippen LogP contribution in [0.1, 0.15) is 163 Å². The molecule has 3 N–H and O–H groups in total. The summed E-state index contributed by atoms with van der Waals surface area (Å²) in [4.78, 5) is 30.4. The van der Waals surface area contributed by atoms with E-state index in [1.54, 1.807) is 6.92 Å². The summed E-state index contributed by atoms with van der Waals surface area (Å²) >= 11 is 0. The van der Waals surface area contributed by atoms with Crippen molar-refractivity contribution in [1.82, 2.24) is 0 Å². The molecule has 0 aromatic heterocycles. The fourth-order valence-corrected chi connectivity index (χ4v) is 3.62. The van der Waals surface area contributed by atoms with Gasteiger partial charge in [0.05, 0.1) is 0 Å². The molecule has 0 saturated carbocycles. The van der Waals surface area contributed by atoms with Gasteiger partial charge in [-0.15, -0.1) is 0 Å². The number of aliphatic carboxylic acids is 3. The maximum atomic E-state index is 10.5. The highest BCUT2D eigenvalue weighted by Gasteiger charge is 1.98. The van der Waals surface area contributed by atoms with Gasteiger partial charge in [0, 0.05) is 17.6 Å². The number of carboxylic acids is 3. The largest absolute Gasteiger partial charge is 0.481 e. The Balaban J connectivity index is -0.000000542. The third-order valence-electron chi connectivity index (χ3n) is 6.20.